The lowest BCUT2D eigenvalue weighted by Crippen LogP contribution is -2.62. The lowest BCUT2D eigenvalue weighted by molar-refractivity contribution is -0.0874. The summed E-state index contributed by atoms with van der Waals surface area (Å²) in [5.41, 5.74) is 8.70. The van der Waals surface area contributed by atoms with E-state index in [-0.39, 0.29) is 5.41 Å². The molecule has 1 aromatic carbocycles. The predicted molar refractivity (Wildman–Crippen MR) is 116 cm³/mol. The van der Waals surface area contributed by atoms with Crippen LogP contribution in [-0.4, -0.2) is 17.1 Å². The van der Waals surface area contributed by atoms with Crippen molar-refractivity contribution < 1.29 is 0 Å². The fraction of sp³-hybridized carbons (Fsp3) is 0.708. The van der Waals surface area contributed by atoms with Gasteiger partial charge in [0.25, 0.3) is 0 Å². The molecule has 0 spiro atoms. The fourth-order valence-electron chi connectivity index (χ4n) is 7.89. The smallest absolute Gasteiger partial charge is 0.0818 e. The molecule has 146 valence electrons. The zero-order valence-electron chi connectivity index (χ0n) is 16.7. The summed E-state index contributed by atoms with van der Waals surface area (Å²) in [6.07, 6.45) is 12.6. The Morgan fingerprint density at radius 1 is 1.00 bits per heavy atom. The van der Waals surface area contributed by atoms with Crippen LogP contribution in [-0.2, 0) is 5.41 Å². The summed E-state index contributed by atoms with van der Waals surface area (Å²) in [5.74, 6) is 0.839. The molecule has 5 saturated carbocycles. The second kappa shape index (κ2) is 6.29. The molecule has 2 nitrogen and oxygen atoms in total. The molecular formula is C24H34N2S. The van der Waals surface area contributed by atoms with E-state index >= 15 is 0 Å². The number of thiocarbonyl (C=S) groups is 1. The van der Waals surface area contributed by atoms with Gasteiger partial charge < -0.3 is 11.1 Å². The first-order chi connectivity index (χ1) is 12.9. The molecule has 4 bridgehead atoms. The maximum Gasteiger partial charge on any atom is 0.0818 e. The second-order valence-corrected chi connectivity index (χ2v) is 11.2. The van der Waals surface area contributed by atoms with Crippen LogP contribution < -0.4 is 11.1 Å². The maximum absolute atomic E-state index is 6.16. The molecule has 3 heteroatoms. The van der Waals surface area contributed by atoms with Crippen molar-refractivity contribution in [3.05, 3.63) is 35.9 Å². The average Bonchev–Trinajstić information content (AvgIpc) is 2.62. The van der Waals surface area contributed by atoms with Crippen LogP contribution in [0.15, 0.2) is 30.3 Å². The zero-order valence-corrected chi connectivity index (χ0v) is 17.5. The zero-order chi connectivity index (χ0) is 18.7. The molecule has 4 unspecified atom stereocenters. The monoisotopic (exact) mass is 382 g/mol. The predicted octanol–water partition coefficient (Wildman–Crippen LogP) is 5.10. The van der Waals surface area contributed by atoms with Crippen LogP contribution in [0, 0.1) is 16.7 Å². The summed E-state index contributed by atoms with van der Waals surface area (Å²) in [7, 11) is 0. The molecule has 0 aliphatic heterocycles. The Kier molecular flexibility index (Phi) is 4.22. The van der Waals surface area contributed by atoms with Crippen LogP contribution >= 0.6 is 12.2 Å². The van der Waals surface area contributed by atoms with Crippen molar-refractivity contribution in [2.75, 3.05) is 0 Å². The summed E-state index contributed by atoms with van der Waals surface area (Å²) in [6.45, 7) is 2.55. The van der Waals surface area contributed by atoms with E-state index in [1.807, 2.05) is 0 Å². The highest BCUT2D eigenvalue weighted by Gasteiger charge is 2.63. The number of hydrogen-bond acceptors (Lipinski definition) is 2. The van der Waals surface area contributed by atoms with Crippen molar-refractivity contribution in [3.63, 3.8) is 0 Å². The highest BCUT2D eigenvalue weighted by Crippen LogP contribution is 2.70. The van der Waals surface area contributed by atoms with Crippen molar-refractivity contribution in [1.82, 2.24) is 5.32 Å². The molecule has 5 aliphatic carbocycles. The molecule has 0 saturated heterocycles. The molecule has 3 N–H and O–H groups in total. The van der Waals surface area contributed by atoms with Gasteiger partial charge >= 0.3 is 0 Å². The third-order valence-corrected chi connectivity index (χ3v) is 8.87. The van der Waals surface area contributed by atoms with Gasteiger partial charge in [-0.2, -0.15) is 0 Å². The van der Waals surface area contributed by atoms with E-state index in [0.717, 1.165) is 18.8 Å². The minimum atomic E-state index is 0.221. The van der Waals surface area contributed by atoms with Gasteiger partial charge in [0.2, 0.25) is 0 Å². The van der Waals surface area contributed by atoms with E-state index in [4.69, 9.17) is 18.0 Å². The first-order valence-electron chi connectivity index (χ1n) is 11.0. The standard InChI is InChI=1S/C24H34N2S/c1-22-11-17-12-23(14-22,18-5-3-2-4-6-18)16-24(13-17,15-22)21(27)26-20-9-7-19(25)8-10-20/h2-6,17,19-20H,7-16,25H2,1H3,(H,26,27)/t17?,19-,20-,22?,23?,24?. The number of benzene rings is 1. The first kappa shape index (κ1) is 18.1. The second-order valence-electron chi connectivity index (χ2n) is 10.8. The van der Waals surface area contributed by atoms with E-state index in [0.29, 0.717) is 22.9 Å². The van der Waals surface area contributed by atoms with Gasteiger partial charge in [-0.05, 0) is 86.5 Å². The van der Waals surface area contributed by atoms with E-state index in [1.165, 1.54) is 56.4 Å². The van der Waals surface area contributed by atoms with Crippen molar-refractivity contribution >= 4 is 17.2 Å². The molecule has 0 heterocycles. The van der Waals surface area contributed by atoms with Crippen molar-refractivity contribution in [3.8, 4) is 0 Å². The molecule has 27 heavy (non-hydrogen) atoms. The van der Waals surface area contributed by atoms with Crippen LogP contribution in [0.4, 0.5) is 0 Å². The summed E-state index contributed by atoms with van der Waals surface area (Å²) >= 11 is 6.16. The van der Waals surface area contributed by atoms with Crippen molar-refractivity contribution in [1.29, 1.82) is 0 Å². The molecule has 0 amide bonds. The highest BCUT2D eigenvalue weighted by molar-refractivity contribution is 7.80. The molecule has 0 radical (unpaired) electrons. The quantitative estimate of drug-likeness (QED) is 0.714. The van der Waals surface area contributed by atoms with Gasteiger partial charge in [-0.25, -0.2) is 0 Å². The highest BCUT2D eigenvalue weighted by atomic mass is 32.1. The number of nitrogens with one attached hydrogen (secondary N) is 1. The molecule has 6 rings (SSSR count). The van der Waals surface area contributed by atoms with E-state index in [9.17, 15) is 0 Å². The lowest BCUT2D eigenvalue weighted by atomic mass is 9.39. The number of hydrogen-bond donors (Lipinski definition) is 2. The molecule has 5 fully saturated rings. The third-order valence-electron chi connectivity index (χ3n) is 8.32. The summed E-state index contributed by atoms with van der Waals surface area (Å²) in [6, 6.07) is 12.3. The average molecular weight is 383 g/mol. The summed E-state index contributed by atoms with van der Waals surface area (Å²) in [4.78, 5) is 1.19. The molecule has 0 aromatic heterocycles. The Labute approximate surface area is 169 Å². The molecule has 5 aliphatic rings. The molecular weight excluding hydrogens is 348 g/mol. The topological polar surface area (TPSA) is 38.0 Å². The SMILES string of the molecule is CC12CC3CC(C(=S)N[C@H]4CC[C@H](N)CC4)(C1)CC(c1ccccc1)(C3)C2. The minimum Gasteiger partial charge on any atom is -0.376 e. The number of rotatable bonds is 3. The van der Waals surface area contributed by atoms with E-state index in [2.05, 4.69) is 42.6 Å². The van der Waals surface area contributed by atoms with Crippen molar-refractivity contribution in [2.45, 2.75) is 88.6 Å². The Balaban J connectivity index is 1.43. The Morgan fingerprint density at radius 3 is 2.44 bits per heavy atom. The lowest BCUT2D eigenvalue weighted by Gasteiger charge is -2.66. The fourth-order valence-corrected chi connectivity index (χ4v) is 8.28. The van der Waals surface area contributed by atoms with Gasteiger partial charge in [-0.15, -0.1) is 0 Å². The van der Waals surface area contributed by atoms with Gasteiger partial charge in [0.15, 0.2) is 0 Å². The van der Waals surface area contributed by atoms with Crippen molar-refractivity contribution in [2.24, 2.45) is 22.5 Å². The van der Waals surface area contributed by atoms with Crippen LogP contribution in [0.2, 0.25) is 0 Å². The maximum atomic E-state index is 6.16. The van der Waals surface area contributed by atoms with Gasteiger partial charge in [-0.1, -0.05) is 49.5 Å². The van der Waals surface area contributed by atoms with Gasteiger partial charge in [0, 0.05) is 17.5 Å². The summed E-state index contributed by atoms with van der Waals surface area (Å²) < 4.78 is 0. The Hall–Kier alpha value is -0.930. The van der Waals surface area contributed by atoms with Gasteiger partial charge in [0.1, 0.15) is 0 Å². The Morgan fingerprint density at radius 2 is 1.74 bits per heavy atom. The Bertz CT molecular complexity index is 725. The molecule has 4 atom stereocenters. The van der Waals surface area contributed by atoms with Gasteiger partial charge in [0.05, 0.1) is 4.99 Å². The largest absolute Gasteiger partial charge is 0.376 e. The number of nitrogens with two attached hydrogens (primary N) is 1. The van der Waals surface area contributed by atoms with E-state index < -0.39 is 0 Å². The van der Waals surface area contributed by atoms with Crippen LogP contribution in [0.25, 0.3) is 0 Å². The minimum absolute atomic E-state index is 0.221. The van der Waals surface area contributed by atoms with E-state index in [1.54, 1.807) is 5.56 Å². The van der Waals surface area contributed by atoms with Crippen LogP contribution in [0.1, 0.15) is 76.7 Å². The van der Waals surface area contributed by atoms with Crippen LogP contribution in [0.3, 0.4) is 0 Å². The normalized spacial score (nSPS) is 45.6. The van der Waals surface area contributed by atoms with Gasteiger partial charge in [-0.3, -0.25) is 0 Å². The summed E-state index contributed by atoms with van der Waals surface area (Å²) in [5, 5.41) is 3.86. The van der Waals surface area contributed by atoms with Crippen LogP contribution in [0.5, 0.6) is 0 Å². The first-order valence-corrected chi connectivity index (χ1v) is 11.4. The third kappa shape index (κ3) is 3.06. The molecule has 1 aromatic rings.